The zero-order valence-electron chi connectivity index (χ0n) is 15.3. The standard InChI is InChI=1S/C17H33NO4P/c1-7-8-9-10-11-15(22-17(20)14(2)3)13-23(21)16(19)12-18(4,5)6/h15,21H,2,7-13H2,1,3-6H3/q+1. The molecule has 0 radical (unpaired) electrons. The Morgan fingerprint density at radius 3 is 2.30 bits per heavy atom. The van der Waals surface area contributed by atoms with Crippen LogP contribution >= 0.6 is 8.15 Å². The summed E-state index contributed by atoms with van der Waals surface area (Å²) >= 11 is 0. The molecule has 0 heterocycles. The molecule has 0 aliphatic heterocycles. The zero-order valence-corrected chi connectivity index (χ0v) is 16.2. The number of likely N-dealkylation sites (N-methyl/N-ethyl adjacent to an activating group) is 1. The lowest BCUT2D eigenvalue weighted by molar-refractivity contribution is -0.861. The van der Waals surface area contributed by atoms with E-state index in [1.807, 2.05) is 21.1 Å². The van der Waals surface area contributed by atoms with E-state index >= 15 is 0 Å². The van der Waals surface area contributed by atoms with E-state index in [9.17, 15) is 14.5 Å². The van der Waals surface area contributed by atoms with Crippen LogP contribution in [0.15, 0.2) is 12.2 Å². The predicted octanol–water partition coefficient (Wildman–Crippen LogP) is 3.07. The number of carbonyl (C=O) groups is 2. The molecule has 0 rings (SSSR count). The summed E-state index contributed by atoms with van der Waals surface area (Å²) < 4.78 is 5.88. The molecule has 1 N–H and O–H groups in total. The highest BCUT2D eigenvalue weighted by atomic mass is 31.1. The highest BCUT2D eigenvalue weighted by molar-refractivity contribution is 7.69. The zero-order chi connectivity index (χ0) is 18.0. The lowest BCUT2D eigenvalue weighted by atomic mass is 10.1. The molecular weight excluding hydrogens is 313 g/mol. The second-order valence-corrected chi connectivity index (χ2v) is 8.74. The van der Waals surface area contributed by atoms with Gasteiger partial charge in [0.2, 0.25) is 5.52 Å². The van der Waals surface area contributed by atoms with Gasteiger partial charge in [0.05, 0.1) is 21.1 Å². The van der Waals surface area contributed by atoms with Gasteiger partial charge in [0.15, 0.2) is 0 Å². The number of hydrogen-bond acceptors (Lipinski definition) is 4. The fraction of sp³-hybridized carbons (Fsp3) is 0.765. The molecule has 5 nitrogen and oxygen atoms in total. The number of esters is 1. The summed E-state index contributed by atoms with van der Waals surface area (Å²) in [7, 11) is 3.94. The van der Waals surface area contributed by atoms with Crippen molar-refractivity contribution in [2.45, 2.75) is 52.1 Å². The highest BCUT2D eigenvalue weighted by Gasteiger charge is 2.27. The average Bonchev–Trinajstić information content (AvgIpc) is 2.41. The van der Waals surface area contributed by atoms with Gasteiger partial charge in [-0.15, -0.1) is 0 Å². The molecule has 6 heteroatoms. The van der Waals surface area contributed by atoms with Gasteiger partial charge < -0.3 is 14.1 Å². The van der Waals surface area contributed by atoms with Gasteiger partial charge in [-0.3, -0.25) is 4.79 Å². The van der Waals surface area contributed by atoms with E-state index in [2.05, 4.69) is 13.5 Å². The number of ether oxygens (including phenoxy) is 1. The number of quaternary nitrogens is 1. The molecule has 0 aromatic rings. The first-order chi connectivity index (χ1) is 10.6. The second-order valence-electron chi connectivity index (χ2n) is 7.08. The maximum absolute atomic E-state index is 12.1. The number of rotatable bonds is 12. The Hall–Kier alpha value is -0.770. The molecule has 134 valence electrons. The number of hydrogen-bond donors (Lipinski definition) is 1. The minimum absolute atomic E-state index is 0.155. The Kier molecular flexibility index (Phi) is 10.5. The van der Waals surface area contributed by atoms with Crippen LogP contribution in [-0.2, 0) is 14.3 Å². The van der Waals surface area contributed by atoms with E-state index in [1.165, 1.54) is 0 Å². The van der Waals surface area contributed by atoms with Crippen LogP contribution in [0.4, 0.5) is 0 Å². The molecule has 0 saturated heterocycles. The Bertz CT molecular complexity index is 404. The molecule has 0 spiro atoms. The van der Waals surface area contributed by atoms with Crippen molar-refractivity contribution in [2.24, 2.45) is 0 Å². The highest BCUT2D eigenvalue weighted by Crippen LogP contribution is 2.34. The van der Waals surface area contributed by atoms with Gasteiger partial charge in [0.1, 0.15) is 20.8 Å². The van der Waals surface area contributed by atoms with Gasteiger partial charge in [0, 0.05) is 11.7 Å². The second kappa shape index (κ2) is 10.9. The van der Waals surface area contributed by atoms with Crippen LogP contribution in [0.5, 0.6) is 0 Å². The van der Waals surface area contributed by atoms with E-state index in [0.717, 1.165) is 25.7 Å². The maximum Gasteiger partial charge on any atom is 0.333 e. The van der Waals surface area contributed by atoms with E-state index in [1.54, 1.807) is 6.92 Å². The molecule has 0 saturated carbocycles. The van der Waals surface area contributed by atoms with Crippen molar-refractivity contribution in [3.05, 3.63) is 12.2 Å². The van der Waals surface area contributed by atoms with Crippen LogP contribution in [0.25, 0.3) is 0 Å². The molecule has 23 heavy (non-hydrogen) atoms. The molecule has 2 unspecified atom stereocenters. The molecule has 2 atom stereocenters. The third kappa shape index (κ3) is 11.4. The van der Waals surface area contributed by atoms with Crippen LogP contribution in [-0.4, -0.2) is 60.8 Å². The van der Waals surface area contributed by atoms with Crippen LogP contribution < -0.4 is 0 Å². The molecule has 0 aromatic carbocycles. The van der Waals surface area contributed by atoms with E-state index in [4.69, 9.17) is 4.74 Å². The largest absolute Gasteiger partial charge is 0.459 e. The summed E-state index contributed by atoms with van der Waals surface area (Å²) in [5.74, 6) is -0.451. The Morgan fingerprint density at radius 1 is 1.22 bits per heavy atom. The topological polar surface area (TPSA) is 63.6 Å². The summed E-state index contributed by atoms with van der Waals surface area (Å²) in [4.78, 5) is 34.0. The summed E-state index contributed by atoms with van der Waals surface area (Å²) in [6, 6.07) is 0. The molecular formula is C17H33NO4P+. The summed E-state index contributed by atoms with van der Waals surface area (Å²) in [5.41, 5.74) is 0.181. The lowest BCUT2D eigenvalue weighted by Crippen LogP contribution is -2.39. The van der Waals surface area contributed by atoms with Crippen LogP contribution in [0.3, 0.4) is 0 Å². The smallest absolute Gasteiger partial charge is 0.333 e. The van der Waals surface area contributed by atoms with Gasteiger partial charge in [-0.05, 0) is 19.8 Å². The van der Waals surface area contributed by atoms with Crippen molar-refractivity contribution in [1.29, 1.82) is 0 Å². The Balaban J connectivity index is 4.61. The molecule has 0 aliphatic rings. The van der Waals surface area contributed by atoms with Crippen molar-refractivity contribution >= 4 is 19.6 Å². The van der Waals surface area contributed by atoms with Gasteiger partial charge in [-0.25, -0.2) is 4.79 Å². The van der Waals surface area contributed by atoms with E-state index < -0.39 is 20.2 Å². The van der Waals surface area contributed by atoms with E-state index in [-0.39, 0.29) is 18.2 Å². The number of carbonyl (C=O) groups excluding carboxylic acids is 2. The van der Waals surface area contributed by atoms with E-state index in [0.29, 0.717) is 16.5 Å². The lowest BCUT2D eigenvalue weighted by Gasteiger charge is -2.25. The summed E-state index contributed by atoms with van der Waals surface area (Å²) in [5, 5.41) is 0. The van der Waals surface area contributed by atoms with Gasteiger partial charge in [0.25, 0.3) is 0 Å². The number of nitrogens with zero attached hydrogens (tertiary/aromatic N) is 1. The molecule has 0 fully saturated rings. The first kappa shape index (κ1) is 22.2. The van der Waals surface area contributed by atoms with Crippen molar-refractivity contribution in [3.63, 3.8) is 0 Å². The first-order valence-corrected chi connectivity index (χ1v) is 9.71. The number of unbranched alkanes of at least 4 members (excludes halogenated alkanes) is 3. The van der Waals surface area contributed by atoms with Crippen molar-refractivity contribution < 1.29 is 23.7 Å². The monoisotopic (exact) mass is 346 g/mol. The normalized spacial score (nSPS) is 14.2. The van der Waals surface area contributed by atoms with Crippen molar-refractivity contribution in [1.82, 2.24) is 0 Å². The minimum atomic E-state index is -1.78. The molecule has 0 aromatic heterocycles. The minimum Gasteiger partial charge on any atom is -0.459 e. The van der Waals surface area contributed by atoms with Crippen molar-refractivity contribution in [2.75, 3.05) is 33.8 Å². The van der Waals surface area contributed by atoms with Gasteiger partial charge in [-0.2, -0.15) is 0 Å². The average molecular weight is 346 g/mol. The quantitative estimate of drug-likeness (QED) is 0.194. The Morgan fingerprint density at radius 2 is 1.83 bits per heavy atom. The maximum atomic E-state index is 12.1. The van der Waals surface area contributed by atoms with Crippen LogP contribution in [0.2, 0.25) is 0 Å². The van der Waals surface area contributed by atoms with Gasteiger partial charge in [-0.1, -0.05) is 32.8 Å². The molecule has 0 bridgehead atoms. The summed E-state index contributed by atoms with van der Waals surface area (Å²) in [6.07, 6.45) is 4.74. The fourth-order valence-electron chi connectivity index (χ4n) is 2.02. The third-order valence-corrected chi connectivity index (χ3v) is 4.75. The Labute approximate surface area is 142 Å². The fourth-order valence-corrected chi connectivity index (χ4v) is 3.45. The third-order valence-electron chi connectivity index (χ3n) is 3.28. The summed E-state index contributed by atoms with van der Waals surface area (Å²) in [6.45, 7) is 7.59. The first-order valence-electron chi connectivity index (χ1n) is 8.23. The van der Waals surface area contributed by atoms with Crippen LogP contribution in [0, 0.1) is 0 Å². The van der Waals surface area contributed by atoms with Crippen LogP contribution in [0.1, 0.15) is 46.0 Å². The molecule has 0 amide bonds. The van der Waals surface area contributed by atoms with Gasteiger partial charge >= 0.3 is 5.97 Å². The molecule has 0 aliphatic carbocycles. The SMILES string of the molecule is C=C(C)C(=O)OC(CCCCCC)CP(O)C(=O)C[N+](C)(C)C. The van der Waals surface area contributed by atoms with Crippen molar-refractivity contribution in [3.8, 4) is 0 Å². The predicted molar refractivity (Wildman–Crippen MR) is 95.4 cm³/mol.